The first-order chi connectivity index (χ1) is 14.7. The molecule has 4 N–H and O–H groups in total. The van der Waals surface area contributed by atoms with E-state index in [4.69, 9.17) is 5.26 Å². The molecule has 0 saturated carbocycles. The van der Waals surface area contributed by atoms with Gasteiger partial charge in [0.1, 0.15) is 6.61 Å². The molecule has 0 saturated heterocycles. The summed E-state index contributed by atoms with van der Waals surface area (Å²) in [6.07, 6.45) is -4.97. The quantitative estimate of drug-likeness (QED) is 0.159. The number of amides is 1. The molecular weight excluding hydrogens is 464 g/mol. The third kappa shape index (κ3) is 5.17. The zero-order valence-corrected chi connectivity index (χ0v) is 15.6. The topological polar surface area (TPSA) is 100 Å². The third-order valence-electron chi connectivity index (χ3n) is 3.89. The number of hydrogen-bond acceptors (Lipinski definition) is 6. The van der Waals surface area contributed by atoms with Gasteiger partial charge in [0.15, 0.2) is 11.4 Å². The molecule has 32 heavy (non-hydrogen) atoms. The average molecular weight is 476 g/mol. The highest BCUT2D eigenvalue weighted by Gasteiger charge is 2.36. The number of halogens is 8. The van der Waals surface area contributed by atoms with Crippen molar-refractivity contribution in [3.8, 4) is 5.75 Å². The third-order valence-corrected chi connectivity index (χ3v) is 3.89. The SMILES string of the molecule is CC(O)(COc1c(F)c(F)c(F)c(F)c1F)C(=O)Nc1ccc(NOO)c(C(F)(F)F)c1. The molecule has 0 aromatic heterocycles. The van der Waals surface area contributed by atoms with Gasteiger partial charge in [0.25, 0.3) is 5.91 Å². The van der Waals surface area contributed by atoms with Crippen LogP contribution in [-0.2, 0) is 16.0 Å². The van der Waals surface area contributed by atoms with Crippen molar-refractivity contribution < 1.29 is 60.0 Å². The fraction of sp³-hybridized carbons (Fsp3) is 0.235. The maximum absolute atomic E-state index is 13.6. The molecule has 1 unspecified atom stereocenters. The molecule has 2 aromatic rings. The lowest BCUT2D eigenvalue weighted by Crippen LogP contribution is -2.45. The van der Waals surface area contributed by atoms with E-state index < -0.39 is 76.1 Å². The molecule has 2 rings (SSSR count). The van der Waals surface area contributed by atoms with Crippen molar-refractivity contribution in [1.29, 1.82) is 0 Å². The summed E-state index contributed by atoms with van der Waals surface area (Å²) >= 11 is 0. The molecule has 7 nitrogen and oxygen atoms in total. The van der Waals surface area contributed by atoms with E-state index in [9.17, 15) is 45.0 Å². The van der Waals surface area contributed by atoms with E-state index in [2.05, 4.69) is 9.73 Å². The molecule has 1 atom stereocenters. The zero-order chi connectivity index (χ0) is 24.4. The number of carbonyl (C=O) groups is 1. The predicted molar refractivity (Wildman–Crippen MR) is 89.8 cm³/mol. The van der Waals surface area contributed by atoms with Crippen molar-refractivity contribution >= 4 is 17.3 Å². The van der Waals surface area contributed by atoms with Crippen LogP contribution >= 0.6 is 0 Å². The maximum Gasteiger partial charge on any atom is 0.418 e. The Labute approximate surface area is 173 Å². The van der Waals surface area contributed by atoms with Crippen molar-refractivity contribution in [1.82, 2.24) is 0 Å². The minimum atomic E-state index is -4.97. The molecule has 0 aliphatic heterocycles. The van der Waals surface area contributed by atoms with Crippen LogP contribution < -0.4 is 15.5 Å². The first-order valence-corrected chi connectivity index (χ1v) is 8.16. The van der Waals surface area contributed by atoms with Gasteiger partial charge in [-0.1, -0.05) is 0 Å². The first-order valence-electron chi connectivity index (χ1n) is 8.16. The monoisotopic (exact) mass is 476 g/mol. The lowest BCUT2D eigenvalue weighted by atomic mass is 10.1. The number of alkyl halides is 3. The van der Waals surface area contributed by atoms with Crippen LogP contribution in [0.4, 0.5) is 46.5 Å². The van der Waals surface area contributed by atoms with E-state index >= 15 is 0 Å². The van der Waals surface area contributed by atoms with Crippen LogP contribution in [0.15, 0.2) is 18.2 Å². The van der Waals surface area contributed by atoms with Crippen molar-refractivity contribution in [2.45, 2.75) is 18.7 Å². The Morgan fingerprint density at radius 1 is 1.00 bits per heavy atom. The van der Waals surface area contributed by atoms with E-state index in [-0.39, 0.29) is 0 Å². The minimum absolute atomic E-state index is 0.389. The van der Waals surface area contributed by atoms with Gasteiger partial charge in [-0.05, 0) is 25.1 Å². The van der Waals surface area contributed by atoms with Crippen molar-refractivity contribution in [2.24, 2.45) is 0 Å². The second kappa shape index (κ2) is 9.13. The average Bonchev–Trinajstić information content (AvgIpc) is 2.71. The highest BCUT2D eigenvalue weighted by atomic mass is 19.4. The van der Waals surface area contributed by atoms with Gasteiger partial charge in [-0.25, -0.2) is 23.9 Å². The molecule has 15 heteroatoms. The number of hydrogen-bond donors (Lipinski definition) is 4. The molecule has 0 radical (unpaired) electrons. The second-order valence-corrected chi connectivity index (χ2v) is 6.37. The summed E-state index contributed by atoms with van der Waals surface area (Å²) < 4.78 is 110. The van der Waals surface area contributed by atoms with Crippen LogP contribution in [0.5, 0.6) is 5.75 Å². The van der Waals surface area contributed by atoms with Crippen LogP contribution in [0.25, 0.3) is 0 Å². The largest absolute Gasteiger partial charge is 0.484 e. The molecule has 0 fully saturated rings. The van der Waals surface area contributed by atoms with Gasteiger partial charge in [0.05, 0.1) is 11.3 Å². The van der Waals surface area contributed by atoms with Crippen LogP contribution in [0.1, 0.15) is 12.5 Å². The number of benzene rings is 2. The van der Waals surface area contributed by atoms with Gasteiger partial charge in [-0.3, -0.25) is 4.79 Å². The molecule has 2 aromatic carbocycles. The Balaban J connectivity index is 2.22. The molecule has 1 amide bonds. The molecular formula is C17H12F8N2O5. The van der Waals surface area contributed by atoms with Gasteiger partial charge >= 0.3 is 6.18 Å². The summed E-state index contributed by atoms with van der Waals surface area (Å²) in [5.74, 6) is -15.1. The summed E-state index contributed by atoms with van der Waals surface area (Å²) in [6, 6.07) is 2.03. The molecule has 0 aliphatic carbocycles. The molecule has 0 aliphatic rings. The van der Waals surface area contributed by atoms with E-state index in [0.29, 0.717) is 13.0 Å². The van der Waals surface area contributed by atoms with E-state index in [1.807, 2.05) is 5.32 Å². The maximum atomic E-state index is 13.6. The van der Waals surface area contributed by atoms with Gasteiger partial charge in [0.2, 0.25) is 29.1 Å². The van der Waals surface area contributed by atoms with Gasteiger partial charge in [-0.15, -0.1) is 4.99 Å². The fourth-order valence-corrected chi connectivity index (χ4v) is 2.25. The van der Waals surface area contributed by atoms with Crippen LogP contribution in [0.3, 0.4) is 0 Å². The predicted octanol–water partition coefficient (Wildman–Crippen LogP) is 3.99. The van der Waals surface area contributed by atoms with Crippen molar-refractivity contribution in [3.63, 3.8) is 0 Å². The number of rotatable bonds is 7. The van der Waals surface area contributed by atoms with Gasteiger partial charge in [0, 0.05) is 5.69 Å². The normalized spacial score (nSPS) is 13.5. The Hall–Kier alpha value is -3.17. The standard InChI is InChI=1S/C17H12F8N2O5/c1-16(29,5-31-14-12(21)10(19)9(18)11(20)13(14)22)15(28)26-6-2-3-8(27-32-30)7(4-6)17(23,24)25/h2-4,27,29-30H,5H2,1H3,(H,26,28). The van der Waals surface area contributed by atoms with Gasteiger partial charge in [-0.2, -0.15) is 22.0 Å². The highest BCUT2D eigenvalue weighted by molar-refractivity contribution is 5.97. The summed E-state index contributed by atoms with van der Waals surface area (Å²) in [6.45, 7) is -0.643. The number of anilines is 2. The number of ether oxygens (including phenoxy) is 1. The Bertz CT molecular complexity index is 1000. The van der Waals surface area contributed by atoms with E-state index in [1.165, 1.54) is 0 Å². The molecule has 0 heterocycles. The smallest absolute Gasteiger partial charge is 0.418 e. The van der Waals surface area contributed by atoms with Gasteiger partial charge < -0.3 is 15.2 Å². The Kier molecular flexibility index (Phi) is 7.16. The minimum Gasteiger partial charge on any atom is -0.484 e. The molecule has 0 spiro atoms. The van der Waals surface area contributed by atoms with E-state index in [0.717, 1.165) is 12.1 Å². The summed E-state index contributed by atoms with van der Waals surface area (Å²) in [4.78, 5) is 15.6. The number of nitrogens with one attached hydrogen (secondary N) is 2. The highest BCUT2D eigenvalue weighted by Crippen LogP contribution is 2.37. The Morgan fingerprint density at radius 3 is 2.03 bits per heavy atom. The van der Waals surface area contributed by atoms with E-state index in [1.54, 1.807) is 5.48 Å². The Morgan fingerprint density at radius 2 is 1.53 bits per heavy atom. The van der Waals surface area contributed by atoms with Crippen molar-refractivity contribution in [3.05, 3.63) is 52.8 Å². The number of carbonyl (C=O) groups excluding carboxylic acids is 1. The molecule has 176 valence electrons. The summed E-state index contributed by atoms with van der Waals surface area (Å²) in [7, 11) is 0. The lowest BCUT2D eigenvalue weighted by Gasteiger charge is -2.23. The second-order valence-electron chi connectivity index (χ2n) is 6.37. The summed E-state index contributed by atoms with van der Waals surface area (Å²) in [5.41, 5.74) is -3.82. The molecule has 0 bridgehead atoms. The number of aliphatic hydroxyl groups is 1. The van der Waals surface area contributed by atoms with Crippen LogP contribution in [0.2, 0.25) is 0 Å². The van der Waals surface area contributed by atoms with Crippen LogP contribution in [0, 0.1) is 29.1 Å². The fourth-order valence-electron chi connectivity index (χ4n) is 2.25. The lowest BCUT2D eigenvalue weighted by molar-refractivity contribution is -0.216. The summed E-state index contributed by atoms with van der Waals surface area (Å²) in [5, 5.41) is 20.2. The van der Waals surface area contributed by atoms with Crippen LogP contribution in [-0.4, -0.2) is 28.5 Å². The zero-order valence-electron chi connectivity index (χ0n) is 15.6. The first kappa shape index (κ1) is 25.1. The van der Waals surface area contributed by atoms with Crippen molar-refractivity contribution in [2.75, 3.05) is 17.4 Å².